The second-order valence-electron chi connectivity index (χ2n) is 2.66. The van der Waals surface area contributed by atoms with Crippen molar-refractivity contribution in [3.8, 4) is 5.75 Å². The van der Waals surface area contributed by atoms with E-state index in [0.29, 0.717) is 6.07 Å². The summed E-state index contributed by atoms with van der Waals surface area (Å²) in [5, 5.41) is 28.2. The molecule has 1 aromatic carbocycles. The van der Waals surface area contributed by atoms with Gasteiger partial charge in [0.1, 0.15) is 5.82 Å². The number of hydrogen-bond donors (Lipinski definition) is 2. The van der Waals surface area contributed by atoms with E-state index in [1.807, 2.05) is 0 Å². The average molecular weight is 201 g/mol. The van der Waals surface area contributed by atoms with Crippen LogP contribution >= 0.6 is 0 Å². The molecule has 0 saturated heterocycles. The number of phenols is 1. The van der Waals surface area contributed by atoms with Crippen molar-refractivity contribution < 1.29 is 19.5 Å². The molecule has 0 atom stereocenters. The first-order chi connectivity index (χ1) is 6.56. The first-order valence-corrected chi connectivity index (χ1v) is 3.83. The van der Waals surface area contributed by atoms with Crippen molar-refractivity contribution in [3.63, 3.8) is 0 Å². The summed E-state index contributed by atoms with van der Waals surface area (Å²) in [4.78, 5) is 9.47. The SMILES string of the molecule is O=[N+]([O-])c1cc(F)cc(CCO)c1O. The first kappa shape index (κ1) is 10.4. The van der Waals surface area contributed by atoms with Gasteiger partial charge >= 0.3 is 5.69 Å². The number of hydrogen-bond acceptors (Lipinski definition) is 4. The van der Waals surface area contributed by atoms with E-state index in [9.17, 15) is 19.6 Å². The molecule has 0 aliphatic rings. The molecule has 1 rings (SSSR count). The van der Waals surface area contributed by atoms with Crippen LogP contribution in [-0.4, -0.2) is 21.7 Å². The maximum atomic E-state index is 12.8. The minimum atomic E-state index is -0.876. The number of phenolic OH excluding ortho intramolecular Hbond substituents is 1. The number of nitro benzene ring substituents is 1. The van der Waals surface area contributed by atoms with Gasteiger partial charge in [0.15, 0.2) is 5.75 Å². The molecule has 0 fully saturated rings. The van der Waals surface area contributed by atoms with E-state index in [4.69, 9.17) is 5.11 Å². The van der Waals surface area contributed by atoms with E-state index in [-0.39, 0.29) is 18.6 Å². The van der Waals surface area contributed by atoms with Crippen LogP contribution in [0.3, 0.4) is 0 Å². The number of aromatic hydroxyl groups is 1. The second-order valence-corrected chi connectivity index (χ2v) is 2.66. The van der Waals surface area contributed by atoms with Crippen molar-refractivity contribution in [3.05, 3.63) is 33.6 Å². The fraction of sp³-hybridized carbons (Fsp3) is 0.250. The van der Waals surface area contributed by atoms with E-state index < -0.39 is 22.2 Å². The molecular weight excluding hydrogens is 193 g/mol. The Bertz CT molecular complexity index is 367. The molecule has 0 saturated carbocycles. The molecule has 0 unspecified atom stereocenters. The first-order valence-electron chi connectivity index (χ1n) is 3.83. The normalized spacial score (nSPS) is 10.1. The van der Waals surface area contributed by atoms with Gasteiger partial charge in [-0.05, 0) is 12.5 Å². The largest absolute Gasteiger partial charge is 0.502 e. The van der Waals surface area contributed by atoms with Gasteiger partial charge in [-0.25, -0.2) is 4.39 Å². The third-order valence-corrected chi connectivity index (χ3v) is 1.71. The van der Waals surface area contributed by atoms with E-state index in [1.165, 1.54) is 0 Å². The van der Waals surface area contributed by atoms with E-state index in [0.717, 1.165) is 6.07 Å². The fourth-order valence-corrected chi connectivity index (χ4v) is 1.09. The predicted octanol–water partition coefficient (Wildman–Crippen LogP) is 0.974. The van der Waals surface area contributed by atoms with Gasteiger partial charge < -0.3 is 10.2 Å². The zero-order valence-corrected chi connectivity index (χ0v) is 7.11. The van der Waals surface area contributed by atoms with E-state index >= 15 is 0 Å². The standard InChI is InChI=1S/C8H8FNO4/c9-6-3-5(1-2-11)8(12)7(4-6)10(13)14/h3-4,11-12H,1-2H2. The molecular formula is C8H8FNO4. The van der Waals surface area contributed by atoms with Gasteiger partial charge in [0.2, 0.25) is 0 Å². The summed E-state index contributed by atoms with van der Waals surface area (Å²) in [6, 6.07) is 1.59. The second kappa shape index (κ2) is 4.01. The Morgan fingerprint density at radius 3 is 2.64 bits per heavy atom. The van der Waals surface area contributed by atoms with E-state index in [1.54, 1.807) is 0 Å². The van der Waals surface area contributed by atoms with Gasteiger partial charge in [-0.15, -0.1) is 0 Å². The lowest BCUT2D eigenvalue weighted by Crippen LogP contribution is -1.97. The molecule has 0 aliphatic carbocycles. The van der Waals surface area contributed by atoms with Gasteiger partial charge in [0.25, 0.3) is 0 Å². The average Bonchev–Trinajstić information content (AvgIpc) is 2.10. The number of aliphatic hydroxyl groups is 1. The van der Waals surface area contributed by atoms with Crippen LogP contribution in [0.1, 0.15) is 5.56 Å². The van der Waals surface area contributed by atoms with E-state index in [2.05, 4.69) is 0 Å². The lowest BCUT2D eigenvalue weighted by molar-refractivity contribution is -0.386. The summed E-state index contributed by atoms with van der Waals surface area (Å²) in [5.74, 6) is -1.40. The molecule has 14 heavy (non-hydrogen) atoms. The van der Waals surface area contributed by atoms with Gasteiger partial charge in [0, 0.05) is 12.2 Å². The van der Waals surface area contributed by atoms with Crippen molar-refractivity contribution in [1.82, 2.24) is 0 Å². The Labute approximate surface area is 78.6 Å². The van der Waals surface area contributed by atoms with Crippen molar-refractivity contribution in [2.75, 3.05) is 6.61 Å². The molecule has 0 aromatic heterocycles. The number of benzene rings is 1. The van der Waals surface area contributed by atoms with Crippen LogP contribution in [0.2, 0.25) is 0 Å². The molecule has 0 spiro atoms. The molecule has 76 valence electrons. The number of rotatable bonds is 3. The highest BCUT2D eigenvalue weighted by atomic mass is 19.1. The number of aliphatic hydroxyl groups excluding tert-OH is 1. The van der Waals surface area contributed by atoms with Crippen LogP contribution < -0.4 is 0 Å². The number of nitro groups is 1. The smallest absolute Gasteiger partial charge is 0.313 e. The Morgan fingerprint density at radius 1 is 1.50 bits per heavy atom. The summed E-state index contributed by atoms with van der Waals surface area (Å²) in [6.07, 6.45) is -0.0234. The van der Waals surface area contributed by atoms with Gasteiger partial charge in [-0.2, -0.15) is 0 Å². The van der Waals surface area contributed by atoms with Gasteiger partial charge in [-0.1, -0.05) is 0 Å². The third-order valence-electron chi connectivity index (χ3n) is 1.71. The highest BCUT2D eigenvalue weighted by Gasteiger charge is 2.18. The summed E-state index contributed by atoms with van der Waals surface area (Å²) >= 11 is 0. The highest BCUT2D eigenvalue weighted by molar-refractivity contribution is 5.51. The maximum absolute atomic E-state index is 12.8. The highest BCUT2D eigenvalue weighted by Crippen LogP contribution is 2.30. The van der Waals surface area contributed by atoms with Crippen LogP contribution in [0.4, 0.5) is 10.1 Å². The van der Waals surface area contributed by atoms with Crippen molar-refractivity contribution in [2.45, 2.75) is 6.42 Å². The third kappa shape index (κ3) is 1.97. The minimum absolute atomic E-state index is 0.0234. The molecule has 0 aliphatic heterocycles. The number of halogens is 1. The maximum Gasteiger partial charge on any atom is 0.313 e. The molecule has 2 N–H and O–H groups in total. The fourth-order valence-electron chi connectivity index (χ4n) is 1.09. The van der Waals surface area contributed by atoms with Crippen molar-refractivity contribution in [2.24, 2.45) is 0 Å². The minimum Gasteiger partial charge on any atom is -0.502 e. The molecule has 0 bridgehead atoms. The molecule has 0 radical (unpaired) electrons. The number of nitrogens with zero attached hydrogens (tertiary/aromatic N) is 1. The predicted molar refractivity (Wildman–Crippen MR) is 45.5 cm³/mol. The van der Waals surface area contributed by atoms with Crippen LogP contribution in [0.15, 0.2) is 12.1 Å². The Hall–Kier alpha value is -1.69. The van der Waals surface area contributed by atoms with Gasteiger partial charge in [-0.3, -0.25) is 10.1 Å². The Kier molecular flexibility index (Phi) is 2.98. The zero-order chi connectivity index (χ0) is 10.7. The quantitative estimate of drug-likeness (QED) is 0.563. The lowest BCUT2D eigenvalue weighted by atomic mass is 10.1. The van der Waals surface area contributed by atoms with Crippen molar-refractivity contribution in [1.29, 1.82) is 0 Å². The Balaban J connectivity index is 3.24. The monoisotopic (exact) mass is 201 g/mol. The lowest BCUT2D eigenvalue weighted by Gasteiger charge is -2.03. The Morgan fingerprint density at radius 2 is 2.14 bits per heavy atom. The topological polar surface area (TPSA) is 83.6 Å². The van der Waals surface area contributed by atoms with Crippen LogP contribution in [-0.2, 0) is 6.42 Å². The van der Waals surface area contributed by atoms with Crippen molar-refractivity contribution >= 4 is 5.69 Å². The molecule has 5 nitrogen and oxygen atoms in total. The summed E-state index contributed by atoms with van der Waals surface area (Å²) in [7, 11) is 0. The summed E-state index contributed by atoms with van der Waals surface area (Å²) in [6.45, 7) is -0.311. The zero-order valence-electron chi connectivity index (χ0n) is 7.11. The molecule has 1 aromatic rings. The summed E-state index contributed by atoms with van der Waals surface area (Å²) < 4.78 is 12.8. The molecule has 0 heterocycles. The van der Waals surface area contributed by atoms with Crippen LogP contribution in [0.25, 0.3) is 0 Å². The van der Waals surface area contributed by atoms with Crippen LogP contribution in [0, 0.1) is 15.9 Å². The van der Waals surface area contributed by atoms with Gasteiger partial charge in [0.05, 0.1) is 11.0 Å². The summed E-state index contributed by atoms with van der Waals surface area (Å²) in [5.41, 5.74) is -0.660. The molecule has 0 amide bonds. The molecule has 6 heteroatoms. The van der Waals surface area contributed by atoms with Crippen LogP contribution in [0.5, 0.6) is 5.75 Å².